The molecule has 0 unspecified atom stereocenters. The van der Waals surface area contributed by atoms with Crippen LogP contribution >= 0.6 is 11.5 Å². The smallest absolute Gasteiger partial charge is 0.272 e. The lowest BCUT2D eigenvalue weighted by molar-refractivity contribution is -0.119. The number of ether oxygens (including phenoxy) is 1. The van der Waals surface area contributed by atoms with E-state index in [1.807, 2.05) is 25.1 Å². The van der Waals surface area contributed by atoms with E-state index in [9.17, 15) is 14.4 Å². The highest BCUT2D eigenvalue weighted by molar-refractivity contribution is 7.09. The van der Waals surface area contributed by atoms with E-state index < -0.39 is 11.8 Å². The minimum atomic E-state index is -0.822. The van der Waals surface area contributed by atoms with E-state index in [4.69, 9.17) is 16.2 Å². The maximum absolute atomic E-state index is 13.3. The molecule has 3 rings (SSSR count). The molecule has 0 atom stereocenters. The SMILES string of the molecule is COc1ccc(CNC(=O)CN(C(=O)c2snc(C(N)=O)c2N)c2cccc(C)c2)cc1. The van der Waals surface area contributed by atoms with Crippen molar-refractivity contribution in [2.24, 2.45) is 5.73 Å². The summed E-state index contributed by atoms with van der Waals surface area (Å²) in [5.41, 5.74) is 13.2. The molecule has 0 aliphatic heterocycles. The molecule has 166 valence electrons. The van der Waals surface area contributed by atoms with E-state index in [2.05, 4.69) is 9.69 Å². The Bertz CT molecular complexity index is 1140. The monoisotopic (exact) mass is 453 g/mol. The first-order valence-corrected chi connectivity index (χ1v) is 10.4. The normalized spacial score (nSPS) is 10.4. The third-order valence-electron chi connectivity index (χ3n) is 4.66. The summed E-state index contributed by atoms with van der Waals surface area (Å²) < 4.78 is 9.01. The minimum Gasteiger partial charge on any atom is -0.497 e. The van der Waals surface area contributed by atoms with Crippen molar-refractivity contribution in [1.82, 2.24) is 9.69 Å². The maximum atomic E-state index is 13.3. The molecule has 3 amide bonds. The Morgan fingerprint density at radius 2 is 1.88 bits per heavy atom. The van der Waals surface area contributed by atoms with Gasteiger partial charge in [-0.3, -0.25) is 19.3 Å². The number of rotatable bonds is 8. The standard InChI is InChI=1S/C22H23N5O4S/c1-13-4-3-5-15(10-13)27(22(30)20-18(23)19(21(24)29)26-32-20)12-17(28)25-11-14-6-8-16(31-2)9-7-14/h3-10H,11-12,23H2,1-2H3,(H2,24,29)(H,25,28). The van der Waals surface area contributed by atoms with Crippen LogP contribution in [0.5, 0.6) is 5.75 Å². The lowest BCUT2D eigenvalue weighted by Crippen LogP contribution is -2.40. The second-order valence-corrected chi connectivity index (χ2v) is 7.77. The van der Waals surface area contributed by atoms with Crippen LogP contribution in [0.2, 0.25) is 0 Å². The van der Waals surface area contributed by atoms with Gasteiger partial charge in [0.2, 0.25) is 5.91 Å². The van der Waals surface area contributed by atoms with Crippen LogP contribution in [0.25, 0.3) is 0 Å². The van der Waals surface area contributed by atoms with Gasteiger partial charge in [-0.05, 0) is 53.8 Å². The zero-order chi connectivity index (χ0) is 23.3. The van der Waals surface area contributed by atoms with Gasteiger partial charge < -0.3 is 21.5 Å². The lowest BCUT2D eigenvalue weighted by atomic mass is 10.2. The highest BCUT2D eigenvalue weighted by Gasteiger charge is 2.27. The molecule has 5 N–H and O–H groups in total. The van der Waals surface area contributed by atoms with E-state index >= 15 is 0 Å². The zero-order valence-corrected chi connectivity index (χ0v) is 18.4. The van der Waals surface area contributed by atoms with Gasteiger partial charge in [0.1, 0.15) is 17.2 Å². The first kappa shape index (κ1) is 22.8. The van der Waals surface area contributed by atoms with Crippen molar-refractivity contribution in [2.45, 2.75) is 13.5 Å². The molecule has 10 heteroatoms. The molecule has 0 spiro atoms. The van der Waals surface area contributed by atoms with Crippen LogP contribution in [0, 0.1) is 6.92 Å². The topological polar surface area (TPSA) is 141 Å². The average molecular weight is 454 g/mol. The molecule has 0 bridgehead atoms. The summed E-state index contributed by atoms with van der Waals surface area (Å²) in [6, 6.07) is 14.4. The fraction of sp³-hybridized carbons (Fsp3) is 0.182. The molecule has 0 fully saturated rings. The van der Waals surface area contributed by atoms with Crippen LogP contribution in [0.3, 0.4) is 0 Å². The predicted octanol–water partition coefficient (Wildman–Crippen LogP) is 2.10. The number of nitrogens with two attached hydrogens (primary N) is 2. The van der Waals surface area contributed by atoms with Crippen LogP contribution in [0.4, 0.5) is 11.4 Å². The van der Waals surface area contributed by atoms with Crippen LogP contribution < -0.4 is 26.4 Å². The molecule has 0 radical (unpaired) electrons. The number of anilines is 2. The lowest BCUT2D eigenvalue weighted by Gasteiger charge is -2.22. The van der Waals surface area contributed by atoms with E-state index in [0.29, 0.717) is 11.4 Å². The first-order chi connectivity index (χ1) is 15.3. The number of nitrogens with zero attached hydrogens (tertiary/aromatic N) is 2. The molecule has 0 saturated heterocycles. The van der Waals surface area contributed by atoms with Gasteiger partial charge in [-0.15, -0.1) is 0 Å². The van der Waals surface area contributed by atoms with Gasteiger partial charge in [-0.25, -0.2) is 0 Å². The fourth-order valence-corrected chi connectivity index (χ4v) is 3.73. The fourth-order valence-electron chi connectivity index (χ4n) is 2.97. The van der Waals surface area contributed by atoms with Crippen LogP contribution in [0.1, 0.15) is 31.3 Å². The Morgan fingerprint density at radius 1 is 1.16 bits per heavy atom. The number of carbonyl (C=O) groups is 3. The Morgan fingerprint density at radius 3 is 2.47 bits per heavy atom. The molecule has 1 aromatic heterocycles. The maximum Gasteiger partial charge on any atom is 0.272 e. The molecule has 32 heavy (non-hydrogen) atoms. The van der Waals surface area contributed by atoms with Crippen LogP contribution in [0.15, 0.2) is 48.5 Å². The van der Waals surface area contributed by atoms with Crippen molar-refractivity contribution < 1.29 is 19.1 Å². The Balaban J connectivity index is 1.80. The number of aryl methyl sites for hydroxylation is 1. The zero-order valence-electron chi connectivity index (χ0n) is 17.6. The quantitative estimate of drug-likeness (QED) is 0.477. The predicted molar refractivity (Wildman–Crippen MR) is 123 cm³/mol. The summed E-state index contributed by atoms with van der Waals surface area (Å²) in [6.45, 7) is 1.91. The summed E-state index contributed by atoms with van der Waals surface area (Å²) in [7, 11) is 1.58. The van der Waals surface area contributed by atoms with Gasteiger partial charge in [0.25, 0.3) is 11.8 Å². The summed E-state index contributed by atoms with van der Waals surface area (Å²) in [6.07, 6.45) is 0. The van der Waals surface area contributed by atoms with Gasteiger partial charge in [-0.1, -0.05) is 24.3 Å². The van der Waals surface area contributed by atoms with Crippen molar-refractivity contribution in [3.8, 4) is 5.75 Å². The van der Waals surface area contributed by atoms with Crippen LogP contribution in [-0.4, -0.2) is 35.7 Å². The summed E-state index contributed by atoms with van der Waals surface area (Å²) in [5.74, 6) is -1.02. The molecule has 0 saturated carbocycles. The van der Waals surface area contributed by atoms with Gasteiger partial charge in [0.05, 0.1) is 12.8 Å². The van der Waals surface area contributed by atoms with Crippen molar-refractivity contribution in [1.29, 1.82) is 0 Å². The molecular formula is C22H23N5O4S. The highest BCUT2D eigenvalue weighted by atomic mass is 32.1. The van der Waals surface area contributed by atoms with Crippen molar-refractivity contribution >= 4 is 40.6 Å². The molecule has 3 aromatic rings. The van der Waals surface area contributed by atoms with E-state index in [1.54, 1.807) is 37.4 Å². The van der Waals surface area contributed by atoms with Gasteiger partial charge >= 0.3 is 0 Å². The number of aromatic nitrogens is 1. The van der Waals surface area contributed by atoms with Crippen LogP contribution in [-0.2, 0) is 11.3 Å². The van der Waals surface area contributed by atoms with E-state index in [0.717, 1.165) is 22.7 Å². The molecule has 1 heterocycles. The second-order valence-electron chi connectivity index (χ2n) is 6.99. The highest BCUT2D eigenvalue weighted by Crippen LogP contribution is 2.26. The first-order valence-electron chi connectivity index (χ1n) is 9.63. The van der Waals surface area contributed by atoms with Gasteiger partial charge in [-0.2, -0.15) is 4.37 Å². The molecule has 0 aliphatic rings. The Labute approximate surface area is 189 Å². The number of hydrogen-bond donors (Lipinski definition) is 3. The molecule has 0 aliphatic carbocycles. The number of carbonyl (C=O) groups excluding carboxylic acids is 3. The third kappa shape index (κ3) is 5.22. The Kier molecular flexibility index (Phi) is 7.06. The van der Waals surface area contributed by atoms with Crippen molar-refractivity contribution in [2.75, 3.05) is 24.3 Å². The second kappa shape index (κ2) is 9.92. The Hall–Kier alpha value is -3.92. The number of nitrogen functional groups attached to an aromatic ring is 1. The molecule has 2 aromatic carbocycles. The summed E-state index contributed by atoms with van der Waals surface area (Å²) in [4.78, 5) is 38.8. The molecule has 9 nitrogen and oxygen atoms in total. The number of nitrogens with one attached hydrogen (secondary N) is 1. The largest absolute Gasteiger partial charge is 0.497 e. The van der Waals surface area contributed by atoms with Gasteiger partial charge in [0.15, 0.2) is 5.69 Å². The van der Waals surface area contributed by atoms with Crippen molar-refractivity contribution in [3.05, 3.63) is 70.2 Å². The number of amides is 3. The minimum absolute atomic E-state index is 0.0447. The number of benzene rings is 2. The number of methoxy groups -OCH3 is 1. The average Bonchev–Trinajstić information content (AvgIpc) is 3.17. The van der Waals surface area contributed by atoms with Gasteiger partial charge in [0, 0.05) is 12.2 Å². The molecular weight excluding hydrogens is 430 g/mol. The number of primary amides is 1. The summed E-state index contributed by atoms with van der Waals surface area (Å²) >= 11 is 0.770. The summed E-state index contributed by atoms with van der Waals surface area (Å²) in [5, 5.41) is 2.80. The van der Waals surface area contributed by atoms with E-state index in [-0.39, 0.29) is 35.3 Å². The third-order valence-corrected chi connectivity index (χ3v) is 5.52. The number of hydrogen-bond acceptors (Lipinski definition) is 7. The van der Waals surface area contributed by atoms with Crippen molar-refractivity contribution in [3.63, 3.8) is 0 Å². The van der Waals surface area contributed by atoms with E-state index in [1.165, 1.54) is 4.90 Å².